The van der Waals surface area contributed by atoms with Gasteiger partial charge >= 0.3 is 0 Å². The van der Waals surface area contributed by atoms with E-state index in [4.69, 9.17) is 0 Å². The second-order valence-electron chi connectivity index (χ2n) is 6.49. The Morgan fingerprint density at radius 1 is 0.630 bits per heavy atom. The molecule has 144 valence electrons. The van der Waals surface area contributed by atoms with E-state index in [1.54, 1.807) is 0 Å². The summed E-state index contributed by atoms with van der Waals surface area (Å²) in [7, 11) is 0. The lowest BCUT2D eigenvalue weighted by Gasteiger charge is -2.34. The van der Waals surface area contributed by atoms with Gasteiger partial charge in [-0.25, -0.2) is 9.13 Å². The number of aryl methyl sites for hydroxylation is 2. The van der Waals surface area contributed by atoms with Crippen molar-refractivity contribution in [3.63, 3.8) is 0 Å². The summed E-state index contributed by atoms with van der Waals surface area (Å²) >= 11 is 0. The van der Waals surface area contributed by atoms with Crippen LogP contribution < -0.4 is 26.1 Å². The molecule has 0 bridgehead atoms. The second-order valence-corrected chi connectivity index (χ2v) is 6.49. The van der Waals surface area contributed by atoms with E-state index >= 15 is 0 Å². The molecule has 6 nitrogen and oxygen atoms in total. The summed E-state index contributed by atoms with van der Waals surface area (Å²) in [6.07, 6.45) is 8.85. The molecule has 3 heterocycles. The van der Waals surface area contributed by atoms with Crippen molar-refractivity contribution in [2.75, 3.05) is 26.2 Å². The minimum absolute atomic E-state index is 0. The molecular weight excluding hydrogens is 408 g/mol. The summed E-state index contributed by atoms with van der Waals surface area (Å²) in [5, 5.41) is 0. The number of halogens is 1. The van der Waals surface area contributed by atoms with Crippen molar-refractivity contribution in [1.82, 2.24) is 9.80 Å². The van der Waals surface area contributed by atoms with Crippen LogP contribution in [0.5, 0.6) is 0 Å². The van der Waals surface area contributed by atoms with Gasteiger partial charge in [-0.15, -0.1) is 0 Å². The zero-order valence-electron chi connectivity index (χ0n) is 15.4. The van der Waals surface area contributed by atoms with Gasteiger partial charge in [0.1, 0.15) is 0 Å². The van der Waals surface area contributed by atoms with Crippen molar-refractivity contribution in [2.24, 2.45) is 0 Å². The molecular formula is C20H26BrN4O2+. The molecule has 1 aliphatic rings. The smallest absolute Gasteiger partial charge is 0.229 e. The average molecular weight is 434 g/mol. The third-order valence-electron chi connectivity index (χ3n) is 4.71. The topological polar surface area (TPSA) is 48.4 Å². The van der Waals surface area contributed by atoms with E-state index in [9.17, 15) is 9.59 Å². The van der Waals surface area contributed by atoms with E-state index in [0.29, 0.717) is 52.1 Å². The normalized spacial score (nSPS) is 13.8. The lowest BCUT2D eigenvalue weighted by atomic mass is 10.2. The van der Waals surface area contributed by atoms with Crippen LogP contribution in [0.4, 0.5) is 0 Å². The van der Waals surface area contributed by atoms with Crippen LogP contribution in [0.15, 0.2) is 61.2 Å². The van der Waals surface area contributed by atoms with Crippen molar-refractivity contribution in [3.8, 4) is 0 Å². The molecule has 2 aromatic rings. The first kappa shape index (κ1) is 21.0. The highest BCUT2D eigenvalue weighted by Crippen LogP contribution is 2.06. The predicted octanol–water partition coefficient (Wildman–Crippen LogP) is -2.58. The molecule has 0 radical (unpaired) electrons. The van der Waals surface area contributed by atoms with Crippen LogP contribution in [0.1, 0.15) is 12.8 Å². The van der Waals surface area contributed by atoms with Crippen LogP contribution in [-0.4, -0.2) is 47.8 Å². The Balaban J connectivity index is 0.00000261. The molecule has 0 unspecified atom stereocenters. The Labute approximate surface area is 170 Å². The summed E-state index contributed by atoms with van der Waals surface area (Å²) in [5.74, 6) is 0.321. The number of aromatic nitrogens is 2. The molecule has 0 aromatic carbocycles. The number of nitrogens with zero attached hydrogens (tertiary/aromatic N) is 4. The highest BCUT2D eigenvalue weighted by atomic mass is 79.9. The Kier molecular flexibility index (Phi) is 8.39. The van der Waals surface area contributed by atoms with Gasteiger partial charge in [-0.05, 0) is 0 Å². The molecule has 0 atom stereocenters. The maximum atomic E-state index is 12.4. The van der Waals surface area contributed by atoms with E-state index < -0.39 is 0 Å². The van der Waals surface area contributed by atoms with Crippen LogP contribution >= 0.6 is 0 Å². The molecule has 1 saturated heterocycles. The van der Waals surface area contributed by atoms with Crippen LogP contribution in [0.3, 0.4) is 0 Å². The van der Waals surface area contributed by atoms with E-state index in [2.05, 4.69) is 0 Å². The Bertz CT molecular complexity index is 656. The number of amides is 2. The largest absolute Gasteiger partial charge is 1.00 e. The van der Waals surface area contributed by atoms with E-state index in [1.165, 1.54) is 0 Å². The predicted molar refractivity (Wildman–Crippen MR) is 95.7 cm³/mol. The summed E-state index contributed by atoms with van der Waals surface area (Å²) in [4.78, 5) is 28.5. The molecule has 2 amide bonds. The molecule has 0 spiro atoms. The summed E-state index contributed by atoms with van der Waals surface area (Å²) in [5.41, 5.74) is 0. The van der Waals surface area contributed by atoms with Gasteiger partial charge in [0, 0.05) is 50.4 Å². The lowest BCUT2D eigenvalue weighted by molar-refractivity contribution is -0.696. The molecule has 7 heteroatoms. The fourth-order valence-corrected chi connectivity index (χ4v) is 3.14. The number of rotatable bonds is 6. The molecule has 1 aliphatic heterocycles. The van der Waals surface area contributed by atoms with Crippen molar-refractivity contribution in [1.29, 1.82) is 0 Å². The monoisotopic (exact) mass is 433 g/mol. The minimum Gasteiger partial charge on any atom is -1.00 e. The van der Waals surface area contributed by atoms with Crippen LogP contribution in [0, 0.1) is 0 Å². The van der Waals surface area contributed by atoms with Crippen molar-refractivity contribution in [3.05, 3.63) is 61.2 Å². The van der Waals surface area contributed by atoms with Crippen LogP contribution in [-0.2, 0) is 22.7 Å². The number of piperazine rings is 1. The number of hydrogen-bond donors (Lipinski definition) is 0. The highest BCUT2D eigenvalue weighted by Gasteiger charge is 2.24. The van der Waals surface area contributed by atoms with Gasteiger partial charge in [0.2, 0.25) is 11.8 Å². The molecule has 1 fully saturated rings. The molecule has 3 rings (SSSR count). The third-order valence-corrected chi connectivity index (χ3v) is 4.71. The zero-order chi connectivity index (χ0) is 18.2. The molecule has 0 aliphatic carbocycles. The first-order chi connectivity index (χ1) is 12.7. The van der Waals surface area contributed by atoms with Gasteiger partial charge in [0.15, 0.2) is 37.9 Å². The van der Waals surface area contributed by atoms with Crippen LogP contribution in [0.2, 0.25) is 0 Å². The molecule has 0 N–H and O–H groups in total. The summed E-state index contributed by atoms with van der Waals surface area (Å²) in [6, 6.07) is 11.8. The average Bonchev–Trinajstić information content (AvgIpc) is 2.72. The number of hydrogen-bond acceptors (Lipinski definition) is 2. The number of pyridine rings is 2. The quantitative estimate of drug-likeness (QED) is 0.469. The second kappa shape index (κ2) is 10.8. The fraction of sp³-hybridized carbons (Fsp3) is 0.400. The van der Waals surface area contributed by atoms with Gasteiger partial charge in [-0.2, -0.15) is 0 Å². The third kappa shape index (κ3) is 6.43. The highest BCUT2D eigenvalue weighted by molar-refractivity contribution is 5.78. The standard InChI is InChI=1S/C20H26N4O2.BrH/c25-19(7-13-21-9-3-1-4-10-21)23-15-17-24(18-16-23)20(26)8-14-22-11-5-2-6-12-22;/h1-6,9-12H,7-8,13-18H2;1H/q+2;/p-1. The summed E-state index contributed by atoms with van der Waals surface area (Å²) < 4.78 is 4.03. The van der Waals surface area contributed by atoms with E-state index in [1.807, 2.05) is 80.1 Å². The van der Waals surface area contributed by atoms with Crippen LogP contribution in [0.25, 0.3) is 0 Å². The number of carbonyl (C=O) groups is 2. The molecule has 27 heavy (non-hydrogen) atoms. The first-order valence-corrected chi connectivity index (χ1v) is 9.16. The molecule has 2 aromatic heterocycles. The van der Waals surface area contributed by atoms with Crippen molar-refractivity contribution < 1.29 is 35.7 Å². The zero-order valence-corrected chi connectivity index (χ0v) is 17.0. The Morgan fingerprint density at radius 2 is 0.963 bits per heavy atom. The fourth-order valence-electron chi connectivity index (χ4n) is 3.14. The van der Waals surface area contributed by atoms with Gasteiger partial charge in [0.25, 0.3) is 0 Å². The van der Waals surface area contributed by atoms with Gasteiger partial charge < -0.3 is 26.8 Å². The van der Waals surface area contributed by atoms with Gasteiger partial charge in [-0.3, -0.25) is 9.59 Å². The maximum Gasteiger partial charge on any atom is 0.229 e. The van der Waals surface area contributed by atoms with E-state index in [0.717, 1.165) is 0 Å². The van der Waals surface area contributed by atoms with Gasteiger partial charge in [-0.1, -0.05) is 12.1 Å². The first-order valence-electron chi connectivity index (χ1n) is 9.16. The number of carbonyl (C=O) groups excluding carboxylic acids is 2. The van der Waals surface area contributed by atoms with Crippen molar-refractivity contribution >= 4 is 11.8 Å². The van der Waals surface area contributed by atoms with Crippen molar-refractivity contribution in [2.45, 2.75) is 25.9 Å². The maximum absolute atomic E-state index is 12.4. The Morgan fingerprint density at radius 3 is 1.30 bits per heavy atom. The molecule has 0 saturated carbocycles. The Hall–Kier alpha value is -2.28. The SMILES string of the molecule is O=C(CC[n+]1ccccc1)N1CCN(C(=O)CC[n+]2ccccc2)CC1.[Br-]. The summed E-state index contributed by atoms with van der Waals surface area (Å²) in [6.45, 7) is 3.89. The lowest BCUT2D eigenvalue weighted by Crippen LogP contribution is -3.00. The minimum atomic E-state index is 0. The van der Waals surface area contributed by atoms with E-state index in [-0.39, 0.29) is 28.8 Å². The van der Waals surface area contributed by atoms with Gasteiger partial charge in [0.05, 0.1) is 12.8 Å².